The molecule has 2 N–H and O–H groups in total. The second-order valence-electron chi connectivity index (χ2n) is 6.60. The fourth-order valence-corrected chi connectivity index (χ4v) is 2.99. The van der Waals surface area contributed by atoms with Crippen LogP contribution in [-0.2, 0) is 13.1 Å². The summed E-state index contributed by atoms with van der Waals surface area (Å²) in [6.07, 6.45) is 4.77. The lowest BCUT2D eigenvalue weighted by molar-refractivity contribution is 0.274. The van der Waals surface area contributed by atoms with Crippen molar-refractivity contribution in [3.8, 4) is 34.3 Å². The molecule has 0 fully saturated rings. The minimum atomic E-state index is -0.195. The van der Waals surface area contributed by atoms with Gasteiger partial charge in [0.1, 0.15) is 5.69 Å². The summed E-state index contributed by atoms with van der Waals surface area (Å²) < 4.78 is 7.22. The van der Waals surface area contributed by atoms with Gasteiger partial charge in [-0.05, 0) is 30.8 Å². The molecule has 9 heteroatoms. The van der Waals surface area contributed by atoms with Crippen molar-refractivity contribution >= 4 is 0 Å². The van der Waals surface area contributed by atoms with Crippen molar-refractivity contribution in [3.05, 3.63) is 70.9 Å². The van der Waals surface area contributed by atoms with E-state index in [1.165, 1.54) is 10.6 Å². The third-order valence-corrected chi connectivity index (χ3v) is 4.48. The Morgan fingerprint density at radius 2 is 1.73 bits per heavy atom. The van der Waals surface area contributed by atoms with Crippen LogP contribution in [0.15, 0.2) is 64.2 Å². The monoisotopic (exact) mass is 404 g/mol. The van der Waals surface area contributed by atoms with Crippen molar-refractivity contribution in [2.45, 2.75) is 13.1 Å². The zero-order valence-corrected chi connectivity index (χ0v) is 16.3. The van der Waals surface area contributed by atoms with Crippen LogP contribution in [0.4, 0.5) is 0 Å². The largest absolute Gasteiger partial charge is 0.415 e. The predicted octanol–water partition coefficient (Wildman–Crippen LogP) is 1.73. The highest BCUT2D eigenvalue weighted by Crippen LogP contribution is 2.24. The highest BCUT2D eigenvalue weighted by molar-refractivity contribution is 5.61. The second-order valence-corrected chi connectivity index (χ2v) is 6.60. The molecule has 30 heavy (non-hydrogen) atoms. The van der Waals surface area contributed by atoms with Gasteiger partial charge in [0.15, 0.2) is 0 Å². The molecule has 0 radical (unpaired) electrons. The van der Waals surface area contributed by atoms with Gasteiger partial charge in [0.05, 0.1) is 24.7 Å². The van der Waals surface area contributed by atoms with E-state index in [4.69, 9.17) is 9.52 Å². The van der Waals surface area contributed by atoms with E-state index < -0.39 is 0 Å². The number of nitrogens with zero attached hydrogens (tertiary/aromatic N) is 5. The topological polar surface area (TPSA) is 119 Å². The third kappa shape index (κ3) is 4.17. The number of benzene rings is 1. The van der Waals surface area contributed by atoms with Gasteiger partial charge in [0, 0.05) is 36.5 Å². The first-order valence-corrected chi connectivity index (χ1v) is 9.39. The van der Waals surface area contributed by atoms with E-state index in [1.54, 1.807) is 24.7 Å². The molecule has 0 amide bonds. The molecule has 0 aliphatic heterocycles. The van der Waals surface area contributed by atoms with E-state index in [-0.39, 0.29) is 24.6 Å². The predicted molar refractivity (Wildman–Crippen MR) is 110 cm³/mol. The Balaban J connectivity index is 1.62. The van der Waals surface area contributed by atoms with E-state index >= 15 is 0 Å². The zero-order valence-electron chi connectivity index (χ0n) is 16.3. The molecule has 0 unspecified atom stereocenters. The molecule has 152 valence electrons. The number of pyridine rings is 1. The fourth-order valence-electron chi connectivity index (χ4n) is 2.99. The van der Waals surface area contributed by atoms with Crippen LogP contribution in [0.1, 0.15) is 5.56 Å². The summed E-state index contributed by atoms with van der Waals surface area (Å²) in [6, 6.07) is 10.9. The molecule has 0 saturated heterocycles. The lowest BCUT2D eigenvalue weighted by Gasteiger charge is -2.06. The molecule has 0 saturated carbocycles. The smallest absolute Gasteiger partial charge is 0.268 e. The summed E-state index contributed by atoms with van der Waals surface area (Å²) in [6.45, 7) is 0.860. The van der Waals surface area contributed by atoms with Crippen molar-refractivity contribution in [3.63, 3.8) is 0 Å². The van der Waals surface area contributed by atoms with Crippen molar-refractivity contribution in [1.29, 1.82) is 0 Å². The van der Waals surface area contributed by atoms with E-state index in [2.05, 4.69) is 25.5 Å². The lowest BCUT2D eigenvalue weighted by Crippen LogP contribution is -2.20. The van der Waals surface area contributed by atoms with Gasteiger partial charge in [-0.3, -0.25) is 9.78 Å². The number of nitrogens with one attached hydrogen (secondary N) is 1. The van der Waals surface area contributed by atoms with Gasteiger partial charge in [-0.25, -0.2) is 4.98 Å². The third-order valence-electron chi connectivity index (χ3n) is 4.48. The highest BCUT2D eigenvalue weighted by Gasteiger charge is 2.13. The van der Waals surface area contributed by atoms with Crippen LogP contribution >= 0.6 is 0 Å². The van der Waals surface area contributed by atoms with E-state index in [9.17, 15) is 4.79 Å². The van der Waals surface area contributed by atoms with Gasteiger partial charge >= 0.3 is 0 Å². The van der Waals surface area contributed by atoms with Crippen LogP contribution in [0, 0.1) is 0 Å². The Kier molecular flexibility index (Phi) is 5.73. The minimum Gasteiger partial charge on any atom is -0.415 e. The van der Waals surface area contributed by atoms with Crippen LogP contribution in [0.25, 0.3) is 34.3 Å². The quantitative estimate of drug-likeness (QED) is 0.478. The average Bonchev–Trinajstić information content (AvgIpc) is 3.27. The first-order valence-electron chi connectivity index (χ1n) is 9.39. The van der Waals surface area contributed by atoms with Gasteiger partial charge in [0.25, 0.3) is 11.4 Å². The van der Waals surface area contributed by atoms with Crippen molar-refractivity contribution in [1.82, 2.24) is 30.0 Å². The van der Waals surface area contributed by atoms with Crippen LogP contribution in [0.2, 0.25) is 0 Å². The molecule has 9 nitrogen and oxygen atoms in total. The number of aromatic nitrogens is 5. The van der Waals surface area contributed by atoms with Gasteiger partial charge in [0.2, 0.25) is 5.89 Å². The fraction of sp³-hybridized carbons (Fsp3) is 0.190. The molecule has 3 aromatic heterocycles. The van der Waals surface area contributed by atoms with Gasteiger partial charge < -0.3 is 19.4 Å². The van der Waals surface area contributed by atoms with Crippen LogP contribution < -0.4 is 10.9 Å². The second kappa shape index (κ2) is 8.76. The van der Waals surface area contributed by atoms with Crippen LogP contribution in [-0.4, -0.2) is 43.5 Å². The summed E-state index contributed by atoms with van der Waals surface area (Å²) in [5.41, 5.74) is 3.45. The average molecular weight is 404 g/mol. The van der Waals surface area contributed by atoms with Gasteiger partial charge in [-0.1, -0.05) is 12.1 Å². The SMILES string of the molecule is CNCc1ccc(-c2nnc(-c3cncc(-c4ccc(=O)n(CCO)c4)n3)o2)cc1. The van der Waals surface area contributed by atoms with Gasteiger partial charge in [-0.2, -0.15) is 0 Å². The normalized spacial score (nSPS) is 11.0. The first kappa shape index (κ1) is 19.6. The number of aliphatic hydroxyl groups is 1. The minimum absolute atomic E-state index is 0.129. The van der Waals surface area contributed by atoms with Gasteiger partial charge in [-0.15, -0.1) is 10.2 Å². The highest BCUT2D eigenvalue weighted by atomic mass is 16.4. The number of hydrogen-bond donors (Lipinski definition) is 2. The molecular weight excluding hydrogens is 384 g/mol. The molecule has 0 aliphatic rings. The standard InChI is InChI=1S/C21H20N6O3/c1-22-10-14-2-4-15(5-3-14)20-25-26-21(30-20)18-12-23-11-17(24-18)16-6-7-19(29)27(13-16)8-9-28/h2-7,11-13,22,28H,8-10H2,1H3. The zero-order chi connectivity index (χ0) is 20.9. The molecule has 0 atom stereocenters. The maximum Gasteiger partial charge on any atom is 0.268 e. The summed E-state index contributed by atoms with van der Waals surface area (Å²) in [5, 5.41) is 20.4. The molecule has 0 spiro atoms. The van der Waals surface area contributed by atoms with Crippen LogP contribution in [0.3, 0.4) is 0 Å². The Labute approximate surface area is 172 Å². The first-order chi connectivity index (χ1) is 14.7. The van der Waals surface area contributed by atoms with Crippen LogP contribution in [0.5, 0.6) is 0 Å². The maximum absolute atomic E-state index is 11.9. The summed E-state index contributed by atoms with van der Waals surface area (Å²) in [4.78, 5) is 20.6. The lowest BCUT2D eigenvalue weighted by atomic mass is 10.1. The number of rotatable bonds is 7. The molecular formula is C21H20N6O3. The molecule has 1 aromatic carbocycles. The Hall–Kier alpha value is -3.69. The van der Waals surface area contributed by atoms with E-state index in [1.807, 2.05) is 31.3 Å². The van der Waals surface area contributed by atoms with E-state index in [0.717, 1.165) is 17.7 Å². The maximum atomic E-state index is 11.9. The Bertz CT molecular complexity index is 1200. The van der Waals surface area contributed by atoms with Crippen molar-refractivity contribution < 1.29 is 9.52 Å². The summed E-state index contributed by atoms with van der Waals surface area (Å²) in [7, 11) is 1.90. The molecule has 0 bridgehead atoms. The van der Waals surface area contributed by atoms with Crippen molar-refractivity contribution in [2.75, 3.05) is 13.7 Å². The Morgan fingerprint density at radius 3 is 2.50 bits per heavy atom. The summed E-state index contributed by atoms with van der Waals surface area (Å²) in [5.74, 6) is 0.645. The van der Waals surface area contributed by atoms with E-state index in [0.29, 0.717) is 22.8 Å². The molecule has 0 aliphatic carbocycles. The molecule has 3 heterocycles. The Morgan fingerprint density at radius 1 is 1.00 bits per heavy atom. The molecule has 4 aromatic rings. The summed E-state index contributed by atoms with van der Waals surface area (Å²) >= 11 is 0. The molecule has 4 rings (SSSR count). The number of aliphatic hydroxyl groups excluding tert-OH is 1. The number of hydrogen-bond acceptors (Lipinski definition) is 8. The van der Waals surface area contributed by atoms with Crippen molar-refractivity contribution in [2.24, 2.45) is 0 Å².